The predicted molar refractivity (Wildman–Crippen MR) is 79.8 cm³/mol. The van der Waals surface area contributed by atoms with Gasteiger partial charge in [0, 0.05) is 30.8 Å². The molecule has 2 aromatic rings. The zero-order valence-electron chi connectivity index (χ0n) is 12.7. The van der Waals surface area contributed by atoms with Crippen LogP contribution in [-0.2, 0) is 19.0 Å². The molecule has 0 saturated carbocycles. The van der Waals surface area contributed by atoms with Crippen molar-refractivity contribution in [3.05, 3.63) is 36.2 Å². The van der Waals surface area contributed by atoms with Crippen molar-refractivity contribution in [3.8, 4) is 0 Å². The maximum atomic E-state index is 11.8. The number of amides is 2. The summed E-state index contributed by atoms with van der Waals surface area (Å²) >= 11 is 0. The second-order valence-corrected chi connectivity index (χ2v) is 5.88. The first-order chi connectivity index (χ1) is 9.84. The number of aryl methyl sites for hydroxylation is 1. The van der Waals surface area contributed by atoms with Crippen LogP contribution >= 0.6 is 0 Å². The van der Waals surface area contributed by atoms with Gasteiger partial charge >= 0.3 is 6.03 Å². The predicted octanol–water partition coefficient (Wildman–Crippen LogP) is 1.83. The van der Waals surface area contributed by atoms with Gasteiger partial charge in [0.15, 0.2) is 0 Å². The molecule has 2 aromatic heterocycles. The maximum absolute atomic E-state index is 11.8. The second kappa shape index (κ2) is 5.90. The van der Waals surface area contributed by atoms with E-state index in [1.54, 1.807) is 23.3 Å². The molecule has 0 radical (unpaired) electrons. The molecule has 7 nitrogen and oxygen atoms in total. The number of carbonyl (C=O) groups excluding carboxylic acids is 1. The Morgan fingerprint density at radius 3 is 2.43 bits per heavy atom. The summed E-state index contributed by atoms with van der Waals surface area (Å²) in [6.07, 6.45) is 6.78. The summed E-state index contributed by atoms with van der Waals surface area (Å²) in [5, 5.41) is 9.48. The Kier molecular flexibility index (Phi) is 4.21. The minimum Gasteiger partial charge on any atom is -0.334 e. The quantitative estimate of drug-likeness (QED) is 0.902. The zero-order valence-corrected chi connectivity index (χ0v) is 12.7. The van der Waals surface area contributed by atoms with Gasteiger partial charge in [0.2, 0.25) is 0 Å². The highest BCUT2D eigenvalue weighted by atomic mass is 16.2. The van der Waals surface area contributed by atoms with Crippen LogP contribution in [0.5, 0.6) is 0 Å². The van der Waals surface area contributed by atoms with Crippen LogP contribution in [0.2, 0.25) is 0 Å². The van der Waals surface area contributed by atoms with Crippen LogP contribution in [0, 0.1) is 0 Å². The molecule has 7 heteroatoms. The van der Waals surface area contributed by atoms with E-state index in [9.17, 15) is 4.79 Å². The highest BCUT2D eigenvalue weighted by Crippen LogP contribution is 2.18. The van der Waals surface area contributed by atoms with Crippen molar-refractivity contribution < 1.29 is 4.79 Å². The number of carbonyl (C=O) groups is 1. The lowest BCUT2D eigenvalue weighted by Crippen LogP contribution is -2.28. The van der Waals surface area contributed by atoms with Gasteiger partial charge in [-0.1, -0.05) is 20.8 Å². The third-order valence-electron chi connectivity index (χ3n) is 2.79. The molecule has 2 heterocycles. The lowest BCUT2D eigenvalue weighted by molar-refractivity contribution is 0.251. The first-order valence-electron chi connectivity index (χ1n) is 6.69. The van der Waals surface area contributed by atoms with Crippen LogP contribution in [0.25, 0.3) is 0 Å². The summed E-state index contributed by atoms with van der Waals surface area (Å²) in [4.78, 5) is 20.3. The number of rotatable bonds is 3. The van der Waals surface area contributed by atoms with Gasteiger partial charge < -0.3 is 10.6 Å². The maximum Gasteiger partial charge on any atom is 0.319 e. The Bertz CT molecular complexity index is 611. The lowest BCUT2D eigenvalue weighted by Gasteiger charge is -2.16. The number of aromatic nitrogens is 4. The molecule has 0 fully saturated rings. The van der Waals surface area contributed by atoms with E-state index in [1.807, 2.05) is 34.0 Å². The Balaban J connectivity index is 1.88. The van der Waals surface area contributed by atoms with Gasteiger partial charge in [0.25, 0.3) is 0 Å². The van der Waals surface area contributed by atoms with Crippen molar-refractivity contribution >= 4 is 11.7 Å². The molecule has 0 spiro atoms. The van der Waals surface area contributed by atoms with Crippen LogP contribution in [0.4, 0.5) is 10.5 Å². The fourth-order valence-electron chi connectivity index (χ4n) is 1.70. The normalized spacial score (nSPS) is 11.2. The van der Waals surface area contributed by atoms with Crippen LogP contribution in [0.1, 0.15) is 32.2 Å². The molecule has 0 saturated heterocycles. The van der Waals surface area contributed by atoms with Gasteiger partial charge in [-0.2, -0.15) is 5.10 Å². The standard InChI is InChI=1S/C14H20N6O/c1-14(2,3)12-15-7-11(8-16-12)19-13(21)17-5-10-6-18-20(4)9-10/h6-9H,5H2,1-4H3,(H2,17,19,21). The van der Waals surface area contributed by atoms with Crippen molar-refractivity contribution in [1.29, 1.82) is 0 Å². The van der Waals surface area contributed by atoms with Crippen LogP contribution < -0.4 is 10.6 Å². The fraction of sp³-hybridized carbons (Fsp3) is 0.429. The highest BCUT2D eigenvalue weighted by Gasteiger charge is 2.16. The summed E-state index contributed by atoms with van der Waals surface area (Å²) in [6.45, 7) is 6.53. The Labute approximate surface area is 123 Å². The van der Waals surface area contributed by atoms with Crippen molar-refractivity contribution in [2.75, 3.05) is 5.32 Å². The number of urea groups is 1. The van der Waals surface area contributed by atoms with Crippen molar-refractivity contribution in [2.45, 2.75) is 32.7 Å². The summed E-state index contributed by atoms with van der Waals surface area (Å²) in [5.41, 5.74) is 1.39. The summed E-state index contributed by atoms with van der Waals surface area (Å²) < 4.78 is 1.69. The number of nitrogens with one attached hydrogen (secondary N) is 2. The van der Waals surface area contributed by atoms with Gasteiger partial charge in [0.05, 0.1) is 24.3 Å². The monoisotopic (exact) mass is 288 g/mol. The smallest absolute Gasteiger partial charge is 0.319 e. The second-order valence-electron chi connectivity index (χ2n) is 5.88. The fourth-order valence-corrected chi connectivity index (χ4v) is 1.70. The van der Waals surface area contributed by atoms with Gasteiger partial charge in [-0.3, -0.25) is 4.68 Å². The summed E-state index contributed by atoms with van der Waals surface area (Å²) in [5.74, 6) is 0.740. The van der Waals surface area contributed by atoms with Crippen LogP contribution in [0.3, 0.4) is 0 Å². The van der Waals surface area contributed by atoms with E-state index in [2.05, 4.69) is 25.7 Å². The molecule has 0 aliphatic carbocycles. The van der Waals surface area contributed by atoms with E-state index in [4.69, 9.17) is 0 Å². The van der Waals surface area contributed by atoms with Gasteiger partial charge in [-0.15, -0.1) is 0 Å². The van der Waals surface area contributed by atoms with E-state index in [0.29, 0.717) is 12.2 Å². The molecule has 2 rings (SSSR count). The molecule has 2 N–H and O–H groups in total. The number of hydrogen-bond donors (Lipinski definition) is 2. The molecule has 0 aliphatic heterocycles. The van der Waals surface area contributed by atoms with Crippen molar-refractivity contribution in [1.82, 2.24) is 25.1 Å². The van der Waals surface area contributed by atoms with Crippen LogP contribution in [0.15, 0.2) is 24.8 Å². The van der Waals surface area contributed by atoms with Gasteiger partial charge in [-0.05, 0) is 0 Å². The van der Waals surface area contributed by atoms with Gasteiger partial charge in [0.1, 0.15) is 5.82 Å². The van der Waals surface area contributed by atoms with Gasteiger partial charge in [-0.25, -0.2) is 14.8 Å². The van der Waals surface area contributed by atoms with E-state index in [1.165, 1.54) is 0 Å². The average Bonchev–Trinajstić information content (AvgIpc) is 2.82. The third-order valence-corrected chi connectivity index (χ3v) is 2.79. The molecule has 0 aliphatic rings. The highest BCUT2D eigenvalue weighted by molar-refractivity contribution is 5.88. The lowest BCUT2D eigenvalue weighted by atomic mass is 9.96. The van der Waals surface area contributed by atoms with E-state index in [0.717, 1.165) is 11.4 Å². The molecule has 0 aromatic carbocycles. The molecular formula is C14H20N6O. The third kappa shape index (κ3) is 4.27. The molecule has 0 atom stereocenters. The van der Waals surface area contributed by atoms with E-state index in [-0.39, 0.29) is 11.4 Å². The molecule has 2 amide bonds. The summed E-state index contributed by atoms with van der Waals surface area (Å²) in [7, 11) is 1.83. The summed E-state index contributed by atoms with van der Waals surface area (Å²) in [6, 6.07) is -0.300. The SMILES string of the molecule is Cn1cc(CNC(=O)Nc2cnc(C(C)(C)C)nc2)cn1. The molecule has 21 heavy (non-hydrogen) atoms. The first-order valence-corrected chi connectivity index (χ1v) is 6.69. The minimum atomic E-state index is -0.300. The average molecular weight is 288 g/mol. The minimum absolute atomic E-state index is 0.110. The van der Waals surface area contributed by atoms with Crippen molar-refractivity contribution in [3.63, 3.8) is 0 Å². The van der Waals surface area contributed by atoms with Crippen LogP contribution in [-0.4, -0.2) is 25.8 Å². The Morgan fingerprint density at radius 2 is 1.90 bits per heavy atom. The molecule has 0 unspecified atom stereocenters. The first kappa shape index (κ1) is 15.0. The number of nitrogens with zero attached hydrogens (tertiary/aromatic N) is 4. The number of hydrogen-bond acceptors (Lipinski definition) is 4. The zero-order chi connectivity index (χ0) is 15.5. The Morgan fingerprint density at radius 1 is 1.24 bits per heavy atom. The van der Waals surface area contributed by atoms with E-state index >= 15 is 0 Å². The van der Waals surface area contributed by atoms with Crippen molar-refractivity contribution in [2.24, 2.45) is 7.05 Å². The number of anilines is 1. The molecule has 0 bridgehead atoms. The largest absolute Gasteiger partial charge is 0.334 e. The topological polar surface area (TPSA) is 84.7 Å². The van der Waals surface area contributed by atoms with E-state index < -0.39 is 0 Å². The Hall–Kier alpha value is -2.44. The molecule has 112 valence electrons. The molecular weight excluding hydrogens is 268 g/mol.